The minimum atomic E-state index is -1.60. The normalized spacial score (nSPS) is 30.9. The molecule has 3 N–H and O–H groups in total. The molecule has 0 spiro atoms. The number of hydrogen-bond donors (Lipinski definition) is 3. The Hall–Kier alpha value is -2.58. The van der Waals surface area contributed by atoms with Crippen LogP contribution in [-0.2, 0) is 9.57 Å². The average Bonchev–Trinajstić information content (AvgIpc) is 3.59. The summed E-state index contributed by atoms with van der Waals surface area (Å²) in [5.74, 6) is -3.96. The summed E-state index contributed by atoms with van der Waals surface area (Å²) in [6, 6.07) is 0.479. The van der Waals surface area contributed by atoms with E-state index in [1.54, 1.807) is 0 Å². The summed E-state index contributed by atoms with van der Waals surface area (Å²) in [7, 11) is 0. The summed E-state index contributed by atoms with van der Waals surface area (Å²) < 4.78 is 47.8. The predicted molar refractivity (Wildman–Crippen MR) is 129 cm³/mol. The van der Waals surface area contributed by atoms with Crippen molar-refractivity contribution >= 4 is 5.71 Å². The van der Waals surface area contributed by atoms with E-state index in [0.717, 1.165) is 50.3 Å². The number of benzene rings is 1. The van der Waals surface area contributed by atoms with Gasteiger partial charge < -0.3 is 29.8 Å². The molecule has 13 heteroatoms. The minimum absolute atomic E-state index is 0.0105. The SMILES string of the molecule is CCN1CCC([C@@H]2CC(C[C@H]3O[C@H](CO)[C@H](O)[C@H](n4cc(-c5cc(F)c(F)c(F)c5)nn4)[C@H]3O)=NO2)CC1. The molecule has 0 bridgehead atoms. The van der Waals surface area contributed by atoms with Crippen LogP contribution in [0.5, 0.6) is 0 Å². The number of likely N-dealkylation sites (tertiary alicyclic amines) is 1. The lowest BCUT2D eigenvalue weighted by molar-refractivity contribution is -0.203. The second-order valence-corrected chi connectivity index (χ2v) is 10.2. The van der Waals surface area contributed by atoms with Crippen molar-refractivity contribution in [3.8, 4) is 11.3 Å². The smallest absolute Gasteiger partial charge is 0.194 e. The van der Waals surface area contributed by atoms with Gasteiger partial charge in [-0.2, -0.15) is 0 Å². The van der Waals surface area contributed by atoms with Gasteiger partial charge >= 0.3 is 0 Å². The predicted octanol–water partition coefficient (Wildman–Crippen LogP) is 1.65. The molecule has 0 aliphatic carbocycles. The minimum Gasteiger partial charge on any atom is -0.394 e. The van der Waals surface area contributed by atoms with Crippen LogP contribution in [-0.4, -0.2) is 97.7 Å². The molecular formula is C25H32F3N5O5. The summed E-state index contributed by atoms with van der Waals surface area (Å²) >= 11 is 0. The molecule has 0 unspecified atom stereocenters. The lowest BCUT2D eigenvalue weighted by atomic mass is 9.86. The molecule has 1 aromatic carbocycles. The van der Waals surface area contributed by atoms with Gasteiger partial charge in [-0.3, -0.25) is 0 Å². The maximum absolute atomic E-state index is 13.7. The van der Waals surface area contributed by atoms with Crippen molar-refractivity contribution in [3.05, 3.63) is 35.8 Å². The fourth-order valence-corrected chi connectivity index (χ4v) is 5.61. The van der Waals surface area contributed by atoms with E-state index >= 15 is 0 Å². The van der Waals surface area contributed by atoms with E-state index in [1.807, 2.05) is 0 Å². The van der Waals surface area contributed by atoms with E-state index in [9.17, 15) is 28.5 Å². The number of halogens is 3. The molecule has 0 saturated carbocycles. The van der Waals surface area contributed by atoms with Crippen LogP contribution in [0.4, 0.5) is 13.2 Å². The van der Waals surface area contributed by atoms with Crippen molar-refractivity contribution in [2.45, 2.75) is 69.2 Å². The maximum atomic E-state index is 13.7. The molecular weight excluding hydrogens is 507 g/mol. The number of hydrogen-bond acceptors (Lipinski definition) is 9. The van der Waals surface area contributed by atoms with Crippen LogP contribution in [0.2, 0.25) is 0 Å². The third-order valence-electron chi connectivity index (χ3n) is 7.88. The molecule has 6 atom stereocenters. The Morgan fingerprint density at radius 1 is 1.05 bits per heavy atom. The molecule has 208 valence electrons. The van der Waals surface area contributed by atoms with Crippen LogP contribution in [0, 0.1) is 23.4 Å². The lowest BCUT2D eigenvalue weighted by Gasteiger charge is -2.42. The second-order valence-electron chi connectivity index (χ2n) is 10.2. The van der Waals surface area contributed by atoms with E-state index in [4.69, 9.17) is 9.57 Å². The summed E-state index contributed by atoms with van der Waals surface area (Å²) in [5, 5.41) is 43.9. The first kappa shape index (κ1) is 27.0. The van der Waals surface area contributed by atoms with Crippen LogP contribution in [0.15, 0.2) is 23.5 Å². The number of nitrogens with zero attached hydrogens (tertiary/aromatic N) is 5. The molecule has 3 aliphatic rings. The van der Waals surface area contributed by atoms with E-state index in [2.05, 4.69) is 27.3 Å². The van der Waals surface area contributed by atoms with Gasteiger partial charge in [-0.15, -0.1) is 5.10 Å². The third kappa shape index (κ3) is 5.30. The van der Waals surface area contributed by atoms with Crippen LogP contribution < -0.4 is 0 Å². The monoisotopic (exact) mass is 539 g/mol. The highest BCUT2D eigenvalue weighted by molar-refractivity contribution is 5.86. The topological polar surface area (TPSA) is 125 Å². The number of rotatable bonds is 7. The molecule has 10 nitrogen and oxygen atoms in total. The lowest BCUT2D eigenvalue weighted by Crippen LogP contribution is -2.56. The number of aromatic nitrogens is 3. The van der Waals surface area contributed by atoms with Crippen LogP contribution in [0.25, 0.3) is 11.3 Å². The van der Waals surface area contributed by atoms with Gasteiger partial charge in [0.15, 0.2) is 17.5 Å². The Labute approximate surface area is 217 Å². The Bertz CT molecular complexity index is 1140. The average molecular weight is 540 g/mol. The largest absolute Gasteiger partial charge is 0.394 e. The molecule has 0 radical (unpaired) electrons. The van der Waals surface area contributed by atoms with E-state index < -0.39 is 54.5 Å². The van der Waals surface area contributed by atoms with Gasteiger partial charge in [-0.25, -0.2) is 17.9 Å². The highest BCUT2D eigenvalue weighted by Gasteiger charge is 2.47. The zero-order chi connectivity index (χ0) is 27.0. The van der Waals surface area contributed by atoms with Crippen LogP contribution in [0.3, 0.4) is 0 Å². The number of aliphatic hydroxyl groups is 3. The van der Waals surface area contributed by atoms with Gasteiger partial charge in [0.05, 0.1) is 24.6 Å². The fraction of sp³-hybridized carbons (Fsp3) is 0.640. The van der Waals surface area contributed by atoms with Crippen molar-refractivity contribution in [3.63, 3.8) is 0 Å². The summed E-state index contributed by atoms with van der Waals surface area (Å²) in [5.41, 5.74) is 0.670. The summed E-state index contributed by atoms with van der Waals surface area (Å²) in [6.07, 6.45) is -0.363. The van der Waals surface area contributed by atoms with Gasteiger partial charge in [-0.1, -0.05) is 17.3 Å². The Morgan fingerprint density at radius 3 is 2.39 bits per heavy atom. The molecule has 38 heavy (non-hydrogen) atoms. The maximum Gasteiger partial charge on any atom is 0.194 e. The molecule has 5 rings (SSSR count). The van der Waals surface area contributed by atoms with Crippen LogP contribution >= 0.6 is 0 Å². The standard InChI is InChI=1S/C25H32F3N5O5/c1-2-32-5-3-13(4-6-32)19-9-15(30-38-19)10-20-24(35)23(25(36)21(12-34)37-20)33-11-18(29-31-33)14-7-16(26)22(28)17(27)8-14/h7-8,11,13,19-21,23-25,34-36H,2-6,9-10,12H2,1H3/t19-,20+,21+,23+,24-,25-/m0/s1. The van der Waals surface area contributed by atoms with E-state index in [0.29, 0.717) is 12.3 Å². The Kier molecular flexibility index (Phi) is 8.00. The summed E-state index contributed by atoms with van der Waals surface area (Å²) in [4.78, 5) is 8.14. The Morgan fingerprint density at radius 2 is 1.74 bits per heavy atom. The third-order valence-corrected chi connectivity index (χ3v) is 7.88. The molecule has 2 aromatic rings. The molecule has 4 heterocycles. The van der Waals surface area contributed by atoms with Gasteiger partial charge in [0, 0.05) is 24.3 Å². The van der Waals surface area contributed by atoms with Crippen LogP contribution in [0.1, 0.15) is 38.6 Å². The van der Waals surface area contributed by atoms with Gasteiger partial charge in [0.2, 0.25) is 0 Å². The molecule has 3 aliphatic heterocycles. The van der Waals surface area contributed by atoms with Gasteiger partial charge in [0.25, 0.3) is 0 Å². The first-order valence-corrected chi connectivity index (χ1v) is 12.9. The fourth-order valence-electron chi connectivity index (χ4n) is 5.61. The molecule has 1 aromatic heterocycles. The highest BCUT2D eigenvalue weighted by atomic mass is 19.2. The number of ether oxygens (including phenoxy) is 1. The van der Waals surface area contributed by atoms with Gasteiger partial charge in [0.1, 0.15) is 36.2 Å². The van der Waals surface area contributed by atoms with Crippen molar-refractivity contribution in [2.24, 2.45) is 11.1 Å². The zero-order valence-corrected chi connectivity index (χ0v) is 21.0. The quantitative estimate of drug-likeness (QED) is 0.454. The molecule has 2 saturated heterocycles. The van der Waals surface area contributed by atoms with Crippen molar-refractivity contribution in [2.75, 3.05) is 26.2 Å². The zero-order valence-electron chi connectivity index (χ0n) is 21.0. The highest BCUT2D eigenvalue weighted by Crippen LogP contribution is 2.35. The summed E-state index contributed by atoms with van der Waals surface area (Å²) in [6.45, 7) is 4.71. The van der Waals surface area contributed by atoms with E-state index in [1.165, 1.54) is 10.9 Å². The van der Waals surface area contributed by atoms with Crippen molar-refractivity contribution in [1.29, 1.82) is 0 Å². The van der Waals surface area contributed by atoms with Crippen molar-refractivity contribution in [1.82, 2.24) is 19.9 Å². The number of oxime groups is 1. The molecule has 0 amide bonds. The van der Waals surface area contributed by atoms with Gasteiger partial charge in [-0.05, 0) is 44.6 Å². The van der Waals surface area contributed by atoms with E-state index in [-0.39, 0.29) is 23.8 Å². The first-order chi connectivity index (χ1) is 18.3. The Balaban J connectivity index is 1.29. The number of piperidine rings is 1. The second kappa shape index (κ2) is 11.3. The molecule has 2 fully saturated rings. The van der Waals surface area contributed by atoms with Crippen molar-refractivity contribution < 1.29 is 38.1 Å². The first-order valence-electron chi connectivity index (χ1n) is 12.9. The number of aliphatic hydroxyl groups excluding tert-OH is 3.